The first-order valence-corrected chi connectivity index (χ1v) is 31.8. The van der Waals surface area contributed by atoms with Crippen molar-refractivity contribution >= 4 is 35.4 Å². The lowest BCUT2D eigenvalue weighted by Crippen LogP contribution is -2.58. The number of nitrogens with one attached hydrogen (secondary N) is 6. The number of benzene rings is 3. The van der Waals surface area contributed by atoms with Gasteiger partial charge in [-0.3, -0.25) is 38.1 Å². The van der Waals surface area contributed by atoms with Crippen molar-refractivity contribution in [3.8, 4) is 0 Å². The Labute approximate surface area is 506 Å². The third kappa shape index (κ3) is 16.6. The summed E-state index contributed by atoms with van der Waals surface area (Å²) < 4.78 is 3.67. The molecule has 86 heavy (non-hydrogen) atoms. The van der Waals surface area contributed by atoms with Gasteiger partial charge in [0.05, 0.1) is 43.2 Å². The average Bonchev–Trinajstić information content (AvgIpc) is 4.55. The fourth-order valence-corrected chi connectivity index (χ4v) is 12.9. The standard InChI is InChI=1S/C65H90N14O7/c1-4-37-66-44(2)60(81)68-52-27-13-11-25-50-33-35-56(78(50)64(52)85)62(83)70-58(48-21-7-5-8-22-48)54-42-76(74-72-54)39-17-15-19-46-29-31-47(32-30-46)20-16-18-40-77-43-55(73-75-77)59(49-23-9-6-10-24-49)71-63(84)57-36-34-51-26-12-14-28-53(65(86)79(51)57)69-61(82)45(3)67-38-41-80/h5-10,21-24,29-32,42-45,50-53,56-59,66-67,80H,4,11-20,25-28,33-41H2,1-3H3,(H,68,81)(H,69,82)(H,70,83)(H,71,84)/t44-,45-,50-,51-,52-,53-,56-,57-,58+,59+/m0/s1. The molecule has 4 aliphatic rings. The van der Waals surface area contributed by atoms with Gasteiger partial charge in [-0.1, -0.05) is 128 Å². The first kappa shape index (κ1) is 63.2. The molecule has 0 aliphatic carbocycles. The number of aryl methyl sites for hydroxylation is 4. The molecule has 9 rings (SSSR count). The van der Waals surface area contributed by atoms with Crippen molar-refractivity contribution in [3.63, 3.8) is 0 Å². The molecular weight excluding hydrogens is 1090 g/mol. The molecule has 4 aliphatic heterocycles. The van der Waals surface area contributed by atoms with Crippen LogP contribution >= 0.6 is 0 Å². The van der Waals surface area contributed by atoms with Crippen LogP contribution in [0, 0.1) is 0 Å². The second-order valence-corrected chi connectivity index (χ2v) is 24.0. The number of rotatable bonds is 28. The van der Waals surface area contributed by atoms with Crippen molar-refractivity contribution in [2.24, 2.45) is 0 Å². The normalized spacial score (nSPS) is 22.0. The summed E-state index contributed by atoms with van der Waals surface area (Å²) in [5.74, 6) is -1.42. The van der Waals surface area contributed by atoms with Crippen molar-refractivity contribution in [3.05, 3.63) is 131 Å². The van der Waals surface area contributed by atoms with E-state index >= 15 is 0 Å². The number of carbonyl (C=O) groups is 6. The average molecular weight is 1180 g/mol. The number of unbranched alkanes of at least 4 members (excludes halogenated alkanes) is 2. The van der Waals surface area contributed by atoms with Crippen LogP contribution in [0.2, 0.25) is 0 Å². The number of aliphatic hydroxyl groups excluding tert-OH is 1. The molecule has 4 saturated heterocycles. The van der Waals surface area contributed by atoms with Crippen LogP contribution in [0.25, 0.3) is 0 Å². The summed E-state index contributed by atoms with van der Waals surface area (Å²) in [6.07, 6.45) is 18.9. The van der Waals surface area contributed by atoms with Crippen LogP contribution in [0.1, 0.15) is 176 Å². The Balaban J connectivity index is 0.731. The molecule has 3 aromatic carbocycles. The molecule has 4 fully saturated rings. The first-order valence-electron chi connectivity index (χ1n) is 31.8. The number of hydrogen-bond acceptors (Lipinski definition) is 13. The van der Waals surface area contributed by atoms with E-state index in [4.69, 9.17) is 0 Å². The Morgan fingerprint density at radius 3 is 1.38 bits per heavy atom. The van der Waals surface area contributed by atoms with Gasteiger partial charge < -0.3 is 46.8 Å². The van der Waals surface area contributed by atoms with Crippen LogP contribution in [-0.2, 0) is 54.7 Å². The van der Waals surface area contributed by atoms with E-state index in [1.165, 1.54) is 11.1 Å². The topological polar surface area (TPSA) is 263 Å². The zero-order chi connectivity index (χ0) is 60.4. The van der Waals surface area contributed by atoms with E-state index in [0.29, 0.717) is 63.1 Å². The number of hydrogen-bond donors (Lipinski definition) is 7. The number of aromatic nitrogens is 6. The number of fused-ring (bicyclic) bond motifs is 2. The number of aliphatic hydroxyl groups is 1. The highest BCUT2D eigenvalue weighted by atomic mass is 16.3. The molecule has 2 aromatic heterocycles. The number of carbonyl (C=O) groups excluding carboxylic acids is 6. The maximum atomic E-state index is 14.4. The van der Waals surface area contributed by atoms with Gasteiger partial charge >= 0.3 is 0 Å². The molecule has 5 aromatic rings. The summed E-state index contributed by atoms with van der Waals surface area (Å²) in [6, 6.07) is 23.2. The van der Waals surface area contributed by atoms with E-state index in [9.17, 15) is 33.9 Å². The molecule has 21 nitrogen and oxygen atoms in total. The van der Waals surface area contributed by atoms with Crippen LogP contribution in [0.3, 0.4) is 0 Å². The third-order valence-corrected chi connectivity index (χ3v) is 17.7. The van der Waals surface area contributed by atoms with E-state index in [0.717, 1.165) is 101 Å². The predicted octanol–water partition coefficient (Wildman–Crippen LogP) is 5.52. The molecule has 462 valence electrons. The minimum Gasteiger partial charge on any atom is -0.395 e. The minimum atomic E-state index is -0.738. The quantitative estimate of drug-likeness (QED) is 0.0305. The number of nitrogens with zero attached hydrogens (tertiary/aromatic N) is 8. The fourth-order valence-electron chi connectivity index (χ4n) is 12.9. The van der Waals surface area contributed by atoms with Crippen LogP contribution in [0.5, 0.6) is 0 Å². The molecule has 6 amide bonds. The van der Waals surface area contributed by atoms with Crippen molar-refractivity contribution in [2.45, 2.75) is 216 Å². The molecule has 21 heteroatoms. The first-order chi connectivity index (χ1) is 41.9. The second-order valence-electron chi connectivity index (χ2n) is 24.0. The highest BCUT2D eigenvalue weighted by Gasteiger charge is 2.46. The monoisotopic (exact) mass is 1180 g/mol. The SMILES string of the molecule is CCCN[C@@H](C)C(=O)N[C@H]1CCCC[C@H]2CC[C@@H](C(=O)N[C@H](c3ccccc3)c3cn(CCCCc4ccc(CCCCn5cc([C@H](NC(=O)[C@@H]6CC[C@@H]7CCCC[C@H](NC(=O)[C@H](C)NCCO)C(=O)N76)c6ccccc6)nn5)cc4)nn3)N2C1=O. The van der Waals surface area contributed by atoms with Gasteiger partial charge in [-0.05, 0) is 139 Å². The van der Waals surface area contributed by atoms with Crippen molar-refractivity contribution < 1.29 is 33.9 Å². The lowest BCUT2D eigenvalue weighted by molar-refractivity contribution is -0.144. The lowest BCUT2D eigenvalue weighted by atomic mass is 9.98. The van der Waals surface area contributed by atoms with Crippen LogP contribution in [0.4, 0.5) is 0 Å². The summed E-state index contributed by atoms with van der Waals surface area (Å²) in [5, 5.41) is 45.9. The van der Waals surface area contributed by atoms with E-state index in [2.05, 4.69) is 76.8 Å². The maximum absolute atomic E-state index is 14.4. The Morgan fingerprint density at radius 1 is 0.547 bits per heavy atom. The lowest BCUT2D eigenvalue weighted by Gasteiger charge is -2.36. The third-order valence-electron chi connectivity index (χ3n) is 17.7. The van der Waals surface area contributed by atoms with E-state index in [-0.39, 0.29) is 60.7 Å². The zero-order valence-electron chi connectivity index (χ0n) is 50.5. The largest absolute Gasteiger partial charge is 0.395 e. The Morgan fingerprint density at radius 2 is 0.965 bits per heavy atom. The van der Waals surface area contributed by atoms with Gasteiger partial charge in [0.1, 0.15) is 35.6 Å². The zero-order valence-corrected chi connectivity index (χ0v) is 50.5. The van der Waals surface area contributed by atoms with Gasteiger partial charge in [0.2, 0.25) is 35.4 Å². The molecule has 0 bridgehead atoms. The summed E-state index contributed by atoms with van der Waals surface area (Å²) >= 11 is 0. The Bertz CT molecular complexity index is 2800. The summed E-state index contributed by atoms with van der Waals surface area (Å²) in [7, 11) is 0. The van der Waals surface area contributed by atoms with Gasteiger partial charge in [-0.25, -0.2) is 0 Å². The van der Waals surface area contributed by atoms with Crippen molar-refractivity contribution in [2.75, 3.05) is 19.7 Å². The molecule has 0 saturated carbocycles. The minimum absolute atomic E-state index is 0.0523. The maximum Gasteiger partial charge on any atom is 0.246 e. The highest BCUT2D eigenvalue weighted by Crippen LogP contribution is 2.34. The molecular formula is C65H90N14O7. The van der Waals surface area contributed by atoms with E-state index < -0.39 is 48.3 Å². The summed E-state index contributed by atoms with van der Waals surface area (Å²) in [4.78, 5) is 86.8. The number of amides is 6. The van der Waals surface area contributed by atoms with Crippen molar-refractivity contribution in [1.82, 2.24) is 71.7 Å². The molecule has 10 atom stereocenters. The van der Waals surface area contributed by atoms with Crippen LogP contribution in [0.15, 0.2) is 97.3 Å². The van der Waals surface area contributed by atoms with Gasteiger partial charge in [0.25, 0.3) is 0 Å². The van der Waals surface area contributed by atoms with Gasteiger partial charge in [0, 0.05) is 31.7 Å². The summed E-state index contributed by atoms with van der Waals surface area (Å²) in [6.45, 7) is 7.75. The predicted molar refractivity (Wildman–Crippen MR) is 326 cm³/mol. The van der Waals surface area contributed by atoms with Crippen molar-refractivity contribution in [1.29, 1.82) is 0 Å². The van der Waals surface area contributed by atoms with Crippen LogP contribution < -0.4 is 31.9 Å². The molecule has 0 unspecified atom stereocenters. The highest BCUT2D eigenvalue weighted by molar-refractivity contribution is 5.95. The second kappa shape index (κ2) is 31.3. The molecule has 7 N–H and O–H groups in total. The Kier molecular flexibility index (Phi) is 23.0. The fraction of sp³-hybridized carbons (Fsp3) is 0.569. The van der Waals surface area contributed by atoms with E-state index in [1.54, 1.807) is 16.7 Å². The summed E-state index contributed by atoms with van der Waals surface area (Å²) in [5.41, 5.74) is 5.49. The smallest absolute Gasteiger partial charge is 0.246 e. The van der Waals surface area contributed by atoms with Crippen LogP contribution in [-0.4, -0.2) is 148 Å². The van der Waals surface area contributed by atoms with E-state index in [1.807, 2.05) is 96.3 Å². The molecule has 6 heterocycles. The van der Waals surface area contributed by atoms with Gasteiger partial charge in [-0.2, -0.15) is 0 Å². The Hall–Kier alpha value is -7.36. The van der Waals surface area contributed by atoms with Gasteiger partial charge in [0.15, 0.2) is 0 Å². The molecule has 0 spiro atoms. The van der Waals surface area contributed by atoms with Gasteiger partial charge in [-0.15, -0.1) is 10.2 Å². The molecule has 0 radical (unpaired) electrons.